The van der Waals surface area contributed by atoms with E-state index in [1.807, 2.05) is 6.92 Å². The molecule has 2 aliphatic heterocycles. The standard InChI is InChI=1S/C20H21FN2O3S2/c1-15-2-8-18(9-3-15)28(25,26)22-12-10-20(11-13-22)23(19(24)14-27-20)17-6-4-16(21)5-7-17/h2-9H,10-14H2,1H3. The van der Waals surface area contributed by atoms with Crippen molar-refractivity contribution in [1.29, 1.82) is 0 Å². The summed E-state index contributed by atoms with van der Waals surface area (Å²) in [5.74, 6) is -0.0233. The summed E-state index contributed by atoms with van der Waals surface area (Å²) in [6, 6.07) is 12.8. The normalized spacial score (nSPS) is 20.1. The molecular formula is C20H21FN2O3S2. The number of benzene rings is 2. The van der Waals surface area contributed by atoms with Gasteiger partial charge in [0.1, 0.15) is 5.82 Å². The molecule has 2 saturated heterocycles. The van der Waals surface area contributed by atoms with Crippen molar-refractivity contribution in [3.63, 3.8) is 0 Å². The molecule has 0 aliphatic carbocycles. The first kappa shape index (κ1) is 19.4. The van der Waals surface area contributed by atoms with E-state index in [4.69, 9.17) is 0 Å². The third-order valence-corrected chi connectivity index (χ3v) is 8.80. The van der Waals surface area contributed by atoms with Gasteiger partial charge in [-0.3, -0.25) is 9.69 Å². The number of piperidine rings is 1. The number of halogens is 1. The summed E-state index contributed by atoms with van der Waals surface area (Å²) in [6.07, 6.45) is 1.07. The highest BCUT2D eigenvalue weighted by atomic mass is 32.2. The van der Waals surface area contributed by atoms with Crippen molar-refractivity contribution < 1.29 is 17.6 Å². The first-order chi connectivity index (χ1) is 13.3. The molecule has 28 heavy (non-hydrogen) atoms. The van der Waals surface area contributed by atoms with E-state index < -0.39 is 14.9 Å². The van der Waals surface area contributed by atoms with E-state index in [2.05, 4.69) is 0 Å². The van der Waals surface area contributed by atoms with Crippen molar-refractivity contribution in [2.45, 2.75) is 29.5 Å². The van der Waals surface area contributed by atoms with E-state index in [9.17, 15) is 17.6 Å². The van der Waals surface area contributed by atoms with Crippen LogP contribution >= 0.6 is 11.8 Å². The third kappa shape index (κ3) is 3.33. The first-order valence-corrected chi connectivity index (χ1v) is 11.5. The Kier molecular flexibility index (Phi) is 4.97. The van der Waals surface area contributed by atoms with E-state index >= 15 is 0 Å². The molecule has 1 amide bonds. The average molecular weight is 421 g/mol. The molecule has 4 rings (SSSR count). The zero-order valence-corrected chi connectivity index (χ0v) is 17.1. The van der Waals surface area contributed by atoms with Crippen molar-refractivity contribution in [3.8, 4) is 0 Å². The van der Waals surface area contributed by atoms with Gasteiger partial charge in [-0.15, -0.1) is 11.8 Å². The van der Waals surface area contributed by atoms with Gasteiger partial charge in [0, 0.05) is 18.8 Å². The van der Waals surface area contributed by atoms with Gasteiger partial charge in [0.15, 0.2) is 0 Å². The minimum Gasteiger partial charge on any atom is -0.296 e. The Bertz CT molecular complexity index is 983. The lowest BCUT2D eigenvalue weighted by molar-refractivity contribution is -0.116. The summed E-state index contributed by atoms with van der Waals surface area (Å²) < 4.78 is 40.7. The SMILES string of the molecule is Cc1ccc(S(=O)(=O)N2CCC3(CC2)SCC(=O)N3c2ccc(F)cc2)cc1. The number of nitrogens with zero attached hydrogens (tertiary/aromatic N) is 2. The quantitative estimate of drug-likeness (QED) is 0.764. The van der Waals surface area contributed by atoms with Crippen molar-refractivity contribution in [1.82, 2.24) is 4.31 Å². The maximum absolute atomic E-state index is 13.3. The summed E-state index contributed by atoms with van der Waals surface area (Å²) in [5.41, 5.74) is 1.67. The molecular weight excluding hydrogens is 399 g/mol. The largest absolute Gasteiger partial charge is 0.296 e. The number of carbonyl (C=O) groups is 1. The number of aryl methyl sites for hydroxylation is 1. The summed E-state index contributed by atoms with van der Waals surface area (Å²) in [6.45, 7) is 2.60. The maximum Gasteiger partial charge on any atom is 0.243 e. The molecule has 0 N–H and O–H groups in total. The van der Waals surface area contributed by atoms with Crippen LogP contribution in [0.15, 0.2) is 53.4 Å². The van der Waals surface area contributed by atoms with Crippen LogP contribution in [0, 0.1) is 12.7 Å². The zero-order chi connectivity index (χ0) is 19.9. The molecule has 0 saturated carbocycles. The van der Waals surface area contributed by atoms with Crippen molar-refractivity contribution in [3.05, 3.63) is 59.9 Å². The van der Waals surface area contributed by atoms with Gasteiger partial charge in [-0.1, -0.05) is 17.7 Å². The van der Waals surface area contributed by atoms with Crippen LogP contribution in [0.2, 0.25) is 0 Å². The van der Waals surface area contributed by atoms with Gasteiger partial charge in [-0.25, -0.2) is 12.8 Å². The Morgan fingerprint density at radius 2 is 1.61 bits per heavy atom. The number of amides is 1. The molecule has 5 nitrogen and oxygen atoms in total. The zero-order valence-electron chi connectivity index (χ0n) is 15.5. The molecule has 0 atom stereocenters. The Hall–Kier alpha value is -1.90. The lowest BCUT2D eigenvalue weighted by atomic mass is 10.0. The third-order valence-electron chi connectivity index (χ3n) is 5.37. The van der Waals surface area contributed by atoms with Crippen LogP contribution in [0.3, 0.4) is 0 Å². The molecule has 0 unspecified atom stereocenters. The van der Waals surface area contributed by atoms with E-state index in [0.717, 1.165) is 5.56 Å². The summed E-state index contributed by atoms with van der Waals surface area (Å²) in [7, 11) is -3.56. The van der Waals surface area contributed by atoms with Gasteiger partial charge < -0.3 is 0 Å². The first-order valence-electron chi connectivity index (χ1n) is 9.11. The molecule has 0 bridgehead atoms. The summed E-state index contributed by atoms with van der Waals surface area (Å²) >= 11 is 1.55. The van der Waals surface area contributed by atoms with E-state index in [0.29, 0.717) is 42.3 Å². The second kappa shape index (κ2) is 7.17. The minimum atomic E-state index is -3.56. The number of thioether (sulfide) groups is 1. The van der Waals surface area contributed by atoms with E-state index in [1.165, 1.54) is 16.4 Å². The molecule has 2 fully saturated rings. The molecule has 148 valence electrons. The minimum absolute atomic E-state index is 0.0218. The molecule has 2 aromatic carbocycles. The number of carbonyl (C=O) groups excluding carboxylic acids is 1. The lowest BCUT2D eigenvalue weighted by Crippen LogP contribution is -2.53. The van der Waals surface area contributed by atoms with Crippen molar-refractivity contribution in [2.75, 3.05) is 23.7 Å². The highest BCUT2D eigenvalue weighted by molar-refractivity contribution is 8.02. The highest BCUT2D eigenvalue weighted by Crippen LogP contribution is 2.47. The Labute approximate surface area is 168 Å². The molecule has 2 aromatic rings. The van der Waals surface area contributed by atoms with Crippen LogP contribution in [0.4, 0.5) is 10.1 Å². The molecule has 2 heterocycles. The van der Waals surface area contributed by atoms with Crippen LogP contribution in [0.5, 0.6) is 0 Å². The van der Waals surface area contributed by atoms with Crippen LogP contribution in [0.25, 0.3) is 0 Å². The number of hydrogen-bond acceptors (Lipinski definition) is 4. The van der Waals surface area contributed by atoms with Crippen LogP contribution < -0.4 is 4.90 Å². The number of sulfonamides is 1. The summed E-state index contributed by atoms with van der Waals surface area (Å²) in [4.78, 5) is 14.1. The fraction of sp³-hybridized carbons (Fsp3) is 0.350. The van der Waals surface area contributed by atoms with Gasteiger partial charge >= 0.3 is 0 Å². The topological polar surface area (TPSA) is 57.7 Å². The highest BCUT2D eigenvalue weighted by Gasteiger charge is 2.49. The Balaban J connectivity index is 1.56. The van der Waals surface area contributed by atoms with Crippen LogP contribution in [-0.2, 0) is 14.8 Å². The Morgan fingerprint density at radius 1 is 1.00 bits per heavy atom. The van der Waals surface area contributed by atoms with Crippen LogP contribution in [0.1, 0.15) is 18.4 Å². The maximum atomic E-state index is 13.3. The van der Waals surface area contributed by atoms with Gasteiger partial charge in [0.2, 0.25) is 15.9 Å². The monoisotopic (exact) mass is 420 g/mol. The molecule has 8 heteroatoms. The predicted molar refractivity (Wildman–Crippen MR) is 108 cm³/mol. The molecule has 2 aliphatic rings. The smallest absolute Gasteiger partial charge is 0.243 e. The van der Waals surface area contributed by atoms with Crippen LogP contribution in [-0.4, -0.2) is 42.3 Å². The Morgan fingerprint density at radius 3 is 2.21 bits per heavy atom. The van der Waals surface area contributed by atoms with Gasteiger partial charge in [-0.05, 0) is 56.2 Å². The number of hydrogen-bond donors (Lipinski definition) is 0. The second-order valence-electron chi connectivity index (χ2n) is 7.16. The van der Waals surface area contributed by atoms with Crippen molar-refractivity contribution >= 4 is 33.4 Å². The van der Waals surface area contributed by atoms with Gasteiger partial charge in [0.05, 0.1) is 15.5 Å². The average Bonchev–Trinajstić information content (AvgIpc) is 2.99. The second-order valence-corrected chi connectivity index (χ2v) is 10.4. The van der Waals surface area contributed by atoms with E-state index in [-0.39, 0.29) is 11.7 Å². The fourth-order valence-corrected chi connectivity index (χ4v) is 6.60. The fourth-order valence-electron chi connectivity index (χ4n) is 3.83. The van der Waals surface area contributed by atoms with E-state index in [1.54, 1.807) is 53.1 Å². The van der Waals surface area contributed by atoms with Crippen molar-refractivity contribution in [2.24, 2.45) is 0 Å². The van der Waals surface area contributed by atoms with Gasteiger partial charge in [-0.2, -0.15) is 4.31 Å². The molecule has 0 radical (unpaired) electrons. The summed E-state index contributed by atoms with van der Waals surface area (Å²) in [5, 5.41) is 0. The van der Waals surface area contributed by atoms with Gasteiger partial charge in [0.25, 0.3) is 0 Å². The molecule has 0 aromatic heterocycles. The molecule has 1 spiro atoms. The predicted octanol–water partition coefficient (Wildman–Crippen LogP) is 3.39. The number of rotatable bonds is 3. The number of anilines is 1. The lowest BCUT2D eigenvalue weighted by Gasteiger charge is -2.43.